The van der Waals surface area contributed by atoms with Gasteiger partial charge in [-0.3, -0.25) is 0 Å². The Balaban J connectivity index is 1.51. The first kappa shape index (κ1) is 25.6. The third kappa shape index (κ3) is 5.82. The molecule has 1 nitrogen and oxygen atoms in total. The van der Waals surface area contributed by atoms with Gasteiger partial charge in [-0.2, -0.15) is 0 Å². The first-order valence-electron chi connectivity index (χ1n) is 13.6. The van der Waals surface area contributed by atoms with Crippen LogP contribution >= 0.6 is 11.8 Å². The molecule has 1 aliphatic heterocycles. The average molecular weight is 476 g/mol. The van der Waals surface area contributed by atoms with E-state index in [1.807, 2.05) is 11.8 Å². The van der Waals surface area contributed by atoms with Crippen molar-refractivity contribution in [3.05, 3.63) is 72.4 Å². The number of allylic oxidation sites excluding steroid dienone is 6. The van der Waals surface area contributed by atoms with Gasteiger partial charge in [0.05, 0.1) is 0 Å². The highest BCUT2D eigenvalue weighted by Crippen LogP contribution is 2.52. The largest absolute Gasteiger partial charge is 0.305 e. The van der Waals surface area contributed by atoms with Crippen LogP contribution in [0.25, 0.3) is 5.57 Å². The minimum absolute atomic E-state index is 0.181. The summed E-state index contributed by atoms with van der Waals surface area (Å²) in [4.78, 5) is 1.39. The molecule has 1 saturated carbocycles. The van der Waals surface area contributed by atoms with E-state index in [1.165, 1.54) is 67.4 Å². The van der Waals surface area contributed by atoms with E-state index in [-0.39, 0.29) is 11.0 Å². The number of rotatable bonds is 7. The summed E-state index contributed by atoms with van der Waals surface area (Å²) in [6.45, 7) is 14.1. The maximum Gasteiger partial charge on any atom is 0.0293 e. The summed E-state index contributed by atoms with van der Waals surface area (Å²) in [6, 6.07) is 9.46. The first-order chi connectivity index (χ1) is 16.3. The Morgan fingerprint density at radius 1 is 1.12 bits per heavy atom. The zero-order chi connectivity index (χ0) is 24.2. The molecule has 1 saturated heterocycles. The number of nitrogens with one attached hydrogen (secondary N) is 1. The number of hydrogen-bond acceptors (Lipinski definition) is 2. The van der Waals surface area contributed by atoms with Gasteiger partial charge in [0.1, 0.15) is 0 Å². The quantitative estimate of drug-likeness (QED) is 0.395. The first-order valence-corrected chi connectivity index (χ1v) is 14.5. The predicted octanol–water partition coefficient (Wildman–Crippen LogP) is 9.13. The Kier molecular flexibility index (Phi) is 8.31. The summed E-state index contributed by atoms with van der Waals surface area (Å²) in [6.07, 6.45) is 22.6. The van der Waals surface area contributed by atoms with Gasteiger partial charge in [0.25, 0.3) is 0 Å². The Morgan fingerprint density at radius 2 is 1.88 bits per heavy atom. The molecular formula is C32H45NS. The van der Waals surface area contributed by atoms with Crippen LogP contribution in [0.15, 0.2) is 71.7 Å². The molecule has 4 rings (SSSR count). The lowest BCUT2D eigenvalue weighted by Gasteiger charge is -2.52. The summed E-state index contributed by atoms with van der Waals surface area (Å²) >= 11 is 1.97. The van der Waals surface area contributed by atoms with Crippen molar-refractivity contribution < 1.29 is 0 Å². The lowest BCUT2D eigenvalue weighted by molar-refractivity contribution is 0.0834. The van der Waals surface area contributed by atoms with Crippen molar-refractivity contribution in [2.24, 2.45) is 11.3 Å². The van der Waals surface area contributed by atoms with Crippen molar-refractivity contribution in [3.8, 4) is 0 Å². The van der Waals surface area contributed by atoms with Crippen LogP contribution in [-0.4, -0.2) is 16.8 Å². The number of piperidine rings is 1. The van der Waals surface area contributed by atoms with Crippen LogP contribution in [0, 0.1) is 11.3 Å². The van der Waals surface area contributed by atoms with E-state index in [0.29, 0.717) is 11.3 Å². The van der Waals surface area contributed by atoms with Crippen molar-refractivity contribution in [3.63, 3.8) is 0 Å². The highest BCUT2D eigenvalue weighted by molar-refractivity contribution is 8.00. The number of benzene rings is 1. The van der Waals surface area contributed by atoms with Gasteiger partial charge in [-0.25, -0.2) is 0 Å². The molecule has 1 spiro atoms. The van der Waals surface area contributed by atoms with Gasteiger partial charge in [-0.1, -0.05) is 95.7 Å². The highest BCUT2D eigenvalue weighted by Gasteiger charge is 2.46. The molecule has 1 aromatic carbocycles. The zero-order valence-corrected chi connectivity index (χ0v) is 22.7. The maximum absolute atomic E-state index is 4.71. The van der Waals surface area contributed by atoms with Gasteiger partial charge in [-0.05, 0) is 79.1 Å². The molecule has 0 bridgehead atoms. The molecule has 34 heavy (non-hydrogen) atoms. The summed E-state index contributed by atoms with van der Waals surface area (Å²) in [5.74, 6) is 0.837. The lowest BCUT2D eigenvalue weighted by Crippen LogP contribution is -2.58. The topological polar surface area (TPSA) is 12.0 Å². The predicted molar refractivity (Wildman–Crippen MR) is 151 cm³/mol. The smallest absolute Gasteiger partial charge is 0.0293 e. The Hall–Kier alpha value is -1.51. The molecule has 2 aliphatic carbocycles. The third-order valence-corrected chi connectivity index (χ3v) is 9.59. The third-order valence-electron chi connectivity index (χ3n) is 8.51. The standard InChI is InChI=1S/C32H45NS/c1-6-13-26-22-29(27-14-9-7-8-10-15-27)33-32(23-26)20-18-31(5,19-21-32)25(4)28-16-11-12-17-30(28)34-24(2)3/h7-12,14,16-17,24,26,29,33H,4,6,13,15,18-23H2,1-3,5H3. The molecule has 184 valence electrons. The molecule has 2 unspecified atom stereocenters. The molecule has 2 heteroatoms. The van der Waals surface area contributed by atoms with Crippen LogP contribution in [0.4, 0.5) is 0 Å². The van der Waals surface area contributed by atoms with Crippen molar-refractivity contribution in [2.45, 2.75) is 107 Å². The lowest BCUT2D eigenvalue weighted by atomic mass is 9.60. The highest BCUT2D eigenvalue weighted by atomic mass is 32.2. The van der Waals surface area contributed by atoms with Crippen LogP contribution in [0.2, 0.25) is 0 Å². The van der Waals surface area contributed by atoms with Crippen molar-refractivity contribution >= 4 is 17.3 Å². The van der Waals surface area contributed by atoms with Crippen LogP contribution in [0.1, 0.15) is 91.0 Å². The van der Waals surface area contributed by atoms with E-state index < -0.39 is 0 Å². The fourth-order valence-electron chi connectivity index (χ4n) is 6.51. The van der Waals surface area contributed by atoms with Crippen molar-refractivity contribution in [1.82, 2.24) is 5.32 Å². The monoisotopic (exact) mass is 475 g/mol. The molecule has 3 aliphatic rings. The molecule has 1 heterocycles. The SMILES string of the molecule is C=C(c1ccccc1SC(C)C)C1(C)CCC2(CC1)CC(CCC)CC(C1=CC=CC=CC1)N2. The van der Waals surface area contributed by atoms with Gasteiger partial charge in [0.2, 0.25) is 0 Å². The minimum Gasteiger partial charge on any atom is -0.305 e. The number of hydrogen-bond donors (Lipinski definition) is 1. The van der Waals surface area contributed by atoms with E-state index in [4.69, 9.17) is 6.58 Å². The maximum atomic E-state index is 4.71. The summed E-state index contributed by atoms with van der Waals surface area (Å²) < 4.78 is 0. The van der Waals surface area contributed by atoms with E-state index in [2.05, 4.69) is 87.7 Å². The van der Waals surface area contributed by atoms with Crippen molar-refractivity contribution in [2.75, 3.05) is 0 Å². The summed E-state index contributed by atoms with van der Waals surface area (Å²) in [7, 11) is 0. The molecule has 0 aromatic heterocycles. The zero-order valence-electron chi connectivity index (χ0n) is 21.9. The van der Waals surface area contributed by atoms with Crippen LogP contribution in [-0.2, 0) is 0 Å². The number of thioether (sulfide) groups is 1. The second-order valence-electron chi connectivity index (χ2n) is 11.5. The molecule has 0 radical (unpaired) electrons. The van der Waals surface area contributed by atoms with E-state index in [1.54, 1.807) is 5.57 Å². The van der Waals surface area contributed by atoms with Crippen LogP contribution in [0.5, 0.6) is 0 Å². The second kappa shape index (κ2) is 11.0. The molecule has 1 N–H and O–H groups in total. The van der Waals surface area contributed by atoms with Gasteiger partial charge in [-0.15, -0.1) is 11.8 Å². The molecule has 2 fully saturated rings. The Labute approximate surface area is 213 Å². The fraction of sp³-hybridized carbons (Fsp3) is 0.562. The Bertz CT molecular complexity index is 942. The van der Waals surface area contributed by atoms with Gasteiger partial charge >= 0.3 is 0 Å². The molecule has 0 amide bonds. The summed E-state index contributed by atoms with van der Waals surface area (Å²) in [5.41, 5.74) is 4.77. The minimum atomic E-state index is 0.181. The van der Waals surface area contributed by atoms with Crippen molar-refractivity contribution in [1.29, 1.82) is 0 Å². The molecular weight excluding hydrogens is 430 g/mol. The van der Waals surface area contributed by atoms with E-state index in [9.17, 15) is 0 Å². The fourth-order valence-corrected chi connectivity index (χ4v) is 7.49. The van der Waals surface area contributed by atoms with Gasteiger partial charge in [0.15, 0.2) is 0 Å². The Morgan fingerprint density at radius 3 is 2.62 bits per heavy atom. The molecule has 1 aromatic rings. The van der Waals surface area contributed by atoms with Gasteiger partial charge in [0, 0.05) is 21.7 Å². The van der Waals surface area contributed by atoms with E-state index >= 15 is 0 Å². The molecule has 2 atom stereocenters. The summed E-state index contributed by atoms with van der Waals surface area (Å²) in [5, 5.41) is 4.82. The van der Waals surface area contributed by atoms with Crippen LogP contribution in [0.3, 0.4) is 0 Å². The van der Waals surface area contributed by atoms with E-state index in [0.717, 1.165) is 12.3 Å². The van der Waals surface area contributed by atoms with Crippen LogP contribution < -0.4 is 5.32 Å². The average Bonchev–Trinajstić information content (AvgIpc) is 3.11. The van der Waals surface area contributed by atoms with Gasteiger partial charge < -0.3 is 5.32 Å². The normalized spacial score (nSPS) is 31.5. The second-order valence-corrected chi connectivity index (χ2v) is 13.2.